The number of anilines is 1. The van der Waals surface area contributed by atoms with E-state index in [1.807, 2.05) is 55.6 Å². The smallest absolute Gasteiger partial charge is 0.249 e. The summed E-state index contributed by atoms with van der Waals surface area (Å²) in [5, 5.41) is 16.2. The Hall–Kier alpha value is -4.14. The molecule has 0 bridgehead atoms. The van der Waals surface area contributed by atoms with Gasteiger partial charge in [-0.3, -0.25) is 15.5 Å². The lowest BCUT2D eigenvalue weighted by Gasteiger charge is -2.34. The first kappa shape index (κ1) is 25.5. The highest BCUT2D eigenvalue weighted by atomic mass is 16.2. The number of hydrogen-bond donors (Lipinski definition) is 3. The molecule has 0 radical (unpaired) electrons. The molecule has 1 aromatic carbocycles. The van der Waals surface area contributed by atoms with E-state index in [4.69, 9.17) is 11.1 Å². The number of piperidine rings is 1. The van der Waals surface area contributed by atoms with E-state index in [1.54, 1.807) is 10.7 Å². The van der Waals surface area contributed by atoms with E-state index in [0.29, 0.717) is 23.3 Å². The van der Waals surface area contributed by atoms with Gasteiger partial charge in [-0.05, 0) is 57.1 Å². The Morgan fingerprint density at radius 3 is 2.58 bits per heavy atom. The normalized spacial score (nSPS) is 16.2. The number of carbonyl (C=O) groups is 1. The third-order valence-corrected chi connectivity index (χ3v) is 7.46. The molecule has 5 rings (SSSR count). The van der Waals surface area contributed by atoms with Crippen molar-refractivity contribution in [2.75, 3.05) is 25.0 Å². The van der Waals surface area contributed by atoms with Crippen molar-refractivity contribution < 1.29 is 4.79 Å². The SMILES string of the molecule is C=C(C)N(/C=C\N)CCC1CCN(C(=N)c2ccc(-c3cccc4nc(NC(=O)C5CC5)nn34)cc2)CC1. The van der Waals surface area contributed by atoms with Crippen LogP contribution in [0.25, 0.3) is 16.9 Å². The highest BCUT2D eigenvalue weighted by molar-refractivity contribution is 5.97. The number of amides is 1. The molecule has 1 aliphatic carbocycles. The molecule has 38 heavy (non-hydrogen) atoms. The number of amidine groups is 1. The molecule has 0 unspecified atom stereocenters. The van der Waals surface area contributed by atoms with Gasteiger partial charge in [-0.2, -0.15) is 4.98 Å². The van der Waals surface area contributed by atoms with Crippen molar-refractivity contribution in [2.45, 2.75) is 39.0 Å². The number of hydrogen-bond acceptors (Lipinski definition) is 6. The third-order valence-electron chi connectivity index (χ3n) is 7.46. The summed E-state index contributed by atoms with van der Waals surface area (Å²) >= 11 is 0. The Bertz CT molecular complexity index is 1350. The Balaban J connectivity index is 1.20. The van der Waals surface area contributed by atoms with Crippen molar-refractivity contribution in [1.29, 1.82) is 5.41 Å². The second kappa shape index (κ2) is 11.1. The van der Waals surface area contributed by atoms with Crippen LogP contribution < -0.4 is 11.1 Å². The molecule has 1 saturated carbocycles. The average molecular weight is 513 g/mol. The summed E-state index contributed by atoms with van der Waals surface area (Å²) in [5.41, 5.74) is 10.00. The summed E-state index contributed by atoms with van der Waals surface area (Å²) in [6, 6.07) is 13.8. The van der Waals surface area contributed by atoms with E-state index in [1.165, 1.54) is 0 Å². The van der Waals surface area contributed by atoms with Crippen molar-refractivity contribution in [3.05, 3.63) is 72.7 Å². The first-order valence-electron chi connectivity index (χ1n) is 13.3. The van der Waals surface area contributed by atoms with Crippen LogP contribution in [0.4, 0.5) is 5.95 Å². The first-order valence-corrected chi connectivity index (χ1v) is 13.3. The van der Waals surface area contributed by atoms with Gasteiger partial charge in [-0.1, -0.05) is 36.9 Å². The largest absolute Gasteiger partial charge is 0.403 e. The minimum absolute atomic E-state index is 0.00747. The van der Waals surface area contributed by atoms with Crippen LogP contribution in [0, 0.1) is 17.2 Å². The molecule has 3 heterocycles. The maximum Gasteiger partial charge on any atom is 0.249 e. The van der Waals surface area contributed by atoms with Crippen molar-refractivity contribution in [2.24, 2.45) is 17.6 Å². The van der Waals surface area contributed by atoms with Gasteiger partial charge in [-0.25, -0.2) is 4.52 Å². The Labute approximate surface area is 223 Å². The van der Waals surface area contributed by atoms with Gasteiger partial charge >= 0.3 is 0 Å². The number of carbonyl (C=O) groups excluding carboxylic acids is 1. The molecular weight excluding hydrogens is 476 g/mol. The molecule has 9 nitrogen and oxygen atoms in total. The number of allylic oxidation sites excluding steroid dienone is 1. The van der Waals surface area contributed by atoms with Gasteiger partial charge in [0.25, 0.3) is 0 Å². The van der Waals surface area contributed by atoms with E-state index >= 15 is 0 Å². The molecule has 4 N–H and O–H groups in total. The maximum atomic E-state index is 12.1. The zero-order chi connectivity index (χ0) is 26.6. The van der Waals surface area contributed by atoms with Gasteiger partial charge in [0.2, 0.25) is 11.9 Å². The molecule has 198 valence electrons. The predicted molar refractivity (Wildman–Crippen MR) is 150 cm³/mol. The van der Waals surface area contributed by atoms with Crippen LogP contribution in [0.2, 0.25) is 0 Å². The first-order chi connectivity index (χ1) is 18.4. The Morgan fingerprint density at radius 2 is 1.92 bits per heavy atom. The molecule has 2 aromatic heterocycles. The van der Waals surface area contributed by atoms with Crippen LogP contribution >= 0.6 is 0 Å². The summed E-state index contributed by atoms with van der Waals surface area (Å²) in [5.74, 6) is 1.62. The van der Waals surface area contributed by atoms with Crippen molar-refractivity contribution >= 4 is 23.3 Å². The monoisotopic (exact) mass is 512 g/mol. The van der Waals surface area contributed by atoms with Crippen molar-refractivity contribution in [3.8, 4) is 11.3 Å². The summed E-state index contributed by atoms with van der Waals surface area (Å²) < 4.78 is 1.76. The van der Waals surface area contributed by atoms with Crippen molar-refractivity contribution in [1.82, 2.24) is 24.4 Å². The second-order valence-corrected chi connectivity index (χ2v) is 10.3. The number of nitrogens with one attached hydrogen (secondary N) is 2. The van der Waals surface area contributed by atoms with Gasteiger partial charge in [0.05, 0.1) is 5.69 Å². The zero-order valence-electron chi connectivity index (χ0n) is 21.9. The number of rotatable bonds is 9. The summed E-state index contributed by atoms with van der Waals surface area (Å²) in [6.45, 7) is 8.71. The van der Waals surface area contributed by atoms with Crippen molar-refractivity contribution in [3.63, 3.8) is 0 Å². The molecule has 1 aliphatic heterocycles. The van der Waals surface area contributed by atoms with Crippen LogP contribution in [0.5, 0.6) is 0 Å². The minimum Gasteiger partial charge on any atom is -0.403 e. The van der Waals surface area contributed by atoms with E-state index in [9.17, 15) is 4.79 Å². The maximum absolute atomic E-state index is 12.1. The molecule has 2 aliphatic rings. The lowest BCUT2D eigenvalue weighted by Crippen LogP contribution is -2.39. The number of benzene rings is 1. The Kier molecular flexibility index (Phi) is 7.44. The highest BCUT2D eigenvalue weighted by Gasteiger charge is 2.30. The van der Waals surface area contributed by atoms with Crippen LogP contribution in [-0.2, 0) is 4.79 Å². The van der Waals surface area contributed by atoms with E-state index in [2.05, 4.69) is 31.8 Å². The molecule has 3 aromatic rings. The van der Waals surface area contributed by atoms with E-state index in [0.717, 1.165) is 74.3 Å². The lowest BCUT2D eigenvalue weighted by molar-refractivity contribution is -0.117. The van der Waals surface area contributed by atoms with Crippen LogP contribution in [0.1, 0.15) is 44.6 Å². The van der Waals surface area contributed by atoms with E-state index < -0.39 is 0 Å². The molecule has 0 atom stereocenters. The fraction of sp³-hybridized carbons (Fsp3) is 0.379. The van der Waals surface area contributed by atoms with Crippen LogP contribution in [-0.4, -0.2) is 55.8 Å². The molecule has 2 fully saturated rings. The quantitative estimate of drug-likeness (QED) is 0.288. The molecule has 1 amide bonds. The molecule has 9 heteroatoms. The molecule has 0 spiro atoms. The number of pyridine rings is 1. The third kappa shape index (κ3) is 5.72. The fourth-order valence-corrected chi connectivity index (χ4v) is 4.98. The molecular formula is C29H36N8O. The number of fused-ring (bicyclic) bond motifs is 1. The zero-order valence-corrected chi connectivity index (χ0v) is 21.9. The summed E-state index contributed by atoms with van der Waals surface area (Å²) in [7, 11) is 0. The fourth-order valence-electron chi connectivity index (χ4n) is 4.98. The van der Waals surface area contributed by atoms with Gasteiger partial charge in [0.15, 0.2) is 5.65 Å². The van der Waals surface area contributed by atoms with Gasteiger partial charge in [0, 0.05) is 54.8 Å². The number of nitrogens with zero attached hydrogens (tertiary/aromatic N) is 5. The van der Waals surface area contributed by atoms with Gasteiger partial charge in [-0.15, -0.1) is 5.10 Å². The highest BCUT2D eigenvalue weighted by Crippen LogP contribution is 2.30. The number of nitrogens with two attached hydrogens (primary N) is 1. The standard InChI is InChI=1S/C29H36N8O/c1-20(2)35(19-15-30)16-12-21-13-17-36(18-14-21)27(31)23-8-6-22(7-9-23)25-4-3-5-26-32-29(34-37(25)26)33-28(38)24-10-11-24/h3-9,15,19,21,24,31H,1,10-14,16-18,30H2,2H3,(H,33,34,38)/b19-15-,31-27?. The summed E-state index contributed by atoms with van der Waals surface area (Å²) in [6.07, 6.45) is 8.55. The lowest BCUT2D eigenvalue weighted by atomic mass is 9.92. The summed E-state index contributed by atoms with van der Waals surface area (Å²) in [4.78, 5) is 20.9. The number of likely N-dealkylation sites (tertiary alicyclic amines) is 1. The number of aromatic nitrogens is 3. The van der Waals surface area contributed by atoms with Crippen LogP contribution in [0.15, 0.2) is 67.1 Å². The topological polar surface area (TPSA) is 116 Å². The van der Waals surface area contributed by atoms with Crippen LogP contribution in [0.3, 0.4) is 0 Å². The van der Waals surface area contributed by atoms with Gasteiger partial charge < -0.3 is 15.5 Å². The molecule has 1 saturated heterocycles. The second-order valence-electron chi connectivity index (χ2n) is 10.3. The average Bonchev–Trinajstić information content (AvgIpc) is 3.70. The van der Waals surface area contributed by atoms with Gasteiger partial charge in [0.1, 0.15) is 5.84 Å². The minimum atomic E-state index is -0.00747. The Morgan fingerprint density at radius 1 is 1.18 bits per heavy atom. The predicted octanol–water partition coefficient (Wildman–Crippen LogP) is 4.44. The van der Waals surface area contributed by atoms with E-state index in [-0.39, 0.29) is 11.8 Å².